The van der Waals surface area contributed by atoms with E-state index in [4.69, 9.17) is 10.00 Å². The number of rotatable bonds is 5. The van der Waals surface area contributed by atoms with E-state index in [2.05, 4.69) is 0 Å². The number of nitriles is 1. The second-order valence-corrected chi connectivity index (χ2v) is 9.77. The van der Waals surface area contributed by atoms with Gasteiger partial charge in [-0.1, -0.05) is 12.1 Å². The van der Waals surface area contributed by atoms with Crippen LogP contribution < -0.4 is 9.80 Å². The van der Waals surface area contributed by atoms with Crippen molar-refractivity contribution in [2.45, 2.75) is 18.3 Å². The number of amides is 2. The van der Waals surface area contributed by atoms with Gasteiger partial charge in [0.2, 0.25) is 5.91 Å². The number of carbonyl (C=O) groups excluding carboxylic acids is 3. The number of piperazine rings is 1. The first-order valence-electron chi connectivity index (χ1n) is 12.4. The molecule has 2 aliphatic heterocycles. The van der Waals surface area contributed by atoms with Crippen LogP contribution in [-0.2, 0) is 27.0 Å². The molecule has 0 radical (unpaired) electrons. The molecule has 12 heteroatoms. The number of hydrogen-bond donors (Lipinski definition) is 0. The fraction of sp³-hybridized carbons (Fsp3) is 0.241. The van der Waals surface area contributed by atoms with Crippen molar-refractivity contribution in [1.82, 2.24) is 4.90 Å². The summed E-state index contributed by atoms with van der Waals surface area (Å²) in [5.74, 6) is -2.44. The molecule has 0 bridgehead atoms. The highest BCUT2D eigenvalue weighted by molar-refractivity contribution is 6.11. The Morgan fingerprint density at radius 2 is 1.68 bits per heavy atom. The molecule has 0 saturated carbocycles. The predicted octanol–water partition coefficient (Wildman–Crippen LogP) is 4.14. The highest BCUT2D eigenvalue weighted by Gasteiger charge is 2.60. The first kappa shape index (κ1) is 27.6. The molecular weight excluding hydrogens is 544 g/mol. The van der Waals surface area contributed by atoms with Gasteiger partial charge in [-0.25, -0.2) is 9.18 Å². The molecule has 0 atom stereocenters. The molecule has 0 unspecified atom stereocenters. The zero-order chi connectivity index (χ0) is 29.5. The Labute approximate surface area is 231 Å². The lowest BCUT2D eigenvalue weighted by Crippen LogP contribution is -2.81. The highest BCUT2D eigenvalue weighted by atomic mass is 19.4. The third-order valence-corrected chi connectivity index (χ3v) is 7.30. The molecule has 5 rings (SSSR count). The average Bonchev–Trinajstić information content (AvgIpc) is 2.93. The summed E-state index contributed by atoms with van der Waals surface area (Å²) in [6.07, 6.45) is -4.53. The summed E-state index contributed by atoms with van der Waals surface area (Å²) in [6, 6.07) is 16.2. The fourth-order valence-electron chi connectivity index (χ4n) is 5.11. The minimum atomic E-state index is -4.53. The third kappa shape index (κ3) is 4.95. The van der Waals surface area contributed by atoms with Crippen molar-refractivity contribution >= 4 is 29.2 Å². The van der Waals surface area contributed by atoms with Gasteiger partial charge >= 0.3 is 12.1 Å². The summed E-state index contributed by atoms with van der Waals surface area (Å²) >= 11 is 0. The Bertz CT molecular complexity index is 1560. The maximum absolute atomic E-state index is 14.9. The number of alkyl halides is 3. The predicted molar refractivity (Wildman–Crippen MR) is 138 cm³/mol. The van der Waals surface area contributed by atoms with E-state index in [1.54, 1.807) is 29.2 Å². The van der Waals surface area contributed by atoms with E-state index >= 15 is 0 Å². The Kier molecular flexibility index (Phi) is 6.90. The molecule has 41 heavy (non-hydrogen) atoms. The molecular formula is C29H22F4N4O4. The van der Waals surface area contributed by atoms with Crippen molar-refractivity contribution in [1.29, 1.82) is 5.26 Å². The van der Waals surface area contributed by atoms with Gasteiger partial charge in [0.1, 0.15) is 12.4 Å². The fourth-order valence-corrected chi connectivity index (χ4v) is 5.11. The number of methoxy groups -OCH3 is 1. The van der Waals surface area contributed by atoms with Crippen LogP contribution in [-0.4, -0.2) is 55.0 Å². The first-order valence-corrected chi connectivity index (χ1v) is 12.4. The van der Waals surface area contributed by atoms with Crippen LogP contribution in [0, 0.1) is 17.1 Å². The molecule has 2 amide bonds. The second kappa shape index (κ2) is 10.2. The summed E-state index contributed by atoms with van der Waals surface area (Å²) in [7, 11) is 1.26. The average molecular weight is 567 g/mol. The molecule has 2 fully saturated rings. The van der Waals surface area contributed by atoms with Crippen molar-refractivity contribution in [3.8, 4) is 6.07 Å². The van der Waals surface area contributed by atoms with Crippen molar-refractivity contribution in [2.75, 3.05) is 36.5 Å². The molecule has 8 nitrogen and oxygen atoms in total. The summed E-state index contributed by atoms with van der Waals surface area (Å²) in [4.78, 5) is 43.4. The van der Waals surface area contributed by atoms with Gasteiger partial charge in [-0.2, -0.15) is 18.4 Å². The number of nitrogens with zero attached hydrogens (tertiary/aromatic N) is 4. The molecule has 2 saturated heterocycles. The molecule has 210 valence electrons. The van der Waals surface area contributed by atoms with Crippen molar-refractivity contribution in [3.05, 3.63) is 94.8 Å². The normalized spacial score (nSPS) is 16.4. The van der Waals surface area contributed by atoms with E-state index in [1.807, 2.05) is 6.07 Å². The van der Waals surface area contributed by atoms with Crippen LogP contribution in [0.15, 0.2) is 66.7 Å². The molecule has 0 aromatic heterocycles. The SMILES string of the molecule is COC(=O)c1ccc(N2CC3(C2)C(=O)N(c2ccc(C#N)cc2F)CC(=O)N3Cc2ccc(C(F)(F)F)cc2)cc1. The van der Waals surface area contributed by atoms with E-state index in [9.17, 15) is 31.9 Å². The standard InChI is InChI=1S/C29H22F4N4O4/c1-41-26(39)20-5-9-22(10-6-20)35-16-28(17-35)27(40)36(24-11-4-19(13-34)12-23(24)30)15-25(38)37(28)14-18-2-7-21(8-3-18)29(31,32)33/h2-12H,14-17H2,1H3. The van der Waals surface area contributed by atoms with Crippen molar-refractivity contribution in [3.63, 3.8) is 0 Å². The number of carbonyl (C=O) groups is 3. The van der Waals surface area contributed by atoms with Crippen LogP contribution in [0.1, 0.15) is 27.0 Å². The summed E-state index contributed by atoms with van der Waals surface area (Å²) in [5.41, 5.74) is -1.04. The van der Waals surface area contributed by atoms with E-state index in [1.165, 1.54) is 36.3 Å². The summed E-state index contributed by atoms with van der Waals surface area (Å²) in [6.45, 7) is -0.590. The molecule has 2 aliphatic rings. The van der Waals surface area contributed by atoms with E-state index in [0.29, 0.717) is 16.8 Å². The first-order chi connectivity index (χ1) is 19.5. The van der Waals surface area contributed by atoms with Crippen molar-refractivity contribution < 1.29 is 36.7 Å². The maximum Gasteiger partial charge on any atom is 0.416 e. The highest BCUT2D eigenvalue weighted by Crippen LogP contribution is 2.40. The quantitative estimate of drug-likeness (QED) is 0.341. The largest absolute Gasteiger partial charge is 0.465 e. The molecule has 2 heterocycles. The van der Waals surface area contributed by atoms with Crippen LogP contribution in [0.2, 0.25) is 0 Å². The van der Waals surface area contributed by atoms with Gasteiger partial charge in [-0.05, 0) is 60.2 Å². The van der Waals surface area contributed by atoms with Gasteiger partial charge in [0, 0.05) is 12.2 Å². The van der Waals surface area contributed by atoms with Crippen LogP contribution in [0.4, 0.5) is 28.9 Å². The lowest BCUT2D eigenvalue weighted by Gasteiger charge is -2.58. The topological polar surface area (TPSA) is 94.0 Å². The molecule has 3 aromatic rings. The van der Waals surface area contributed by atoms with Gasteiger partial charge in [0.25, 0.3) is 5.91 Å². The zero-order valence-corrected chi connectivity index (χ0v) is 21.6. The smallest absolute Gasteiger partial charge is 0.416 e. The minimum Gasteiger partial charge on any atom is -0.465 e. The number of hydrogen-bond acceptors (Lipinski definition) is 6. The van der Waals surface area contributed by atoms with Crippen LogP contribution in [0.5, 0.6) is 0 Å². The monoisotopic (exact) mass is 566 g/mol. The second-order valence-electron chi connectivity index (χ2n) is 9.77. The lowest BCUT2D eigenvalue weighted by molar-refractivity contribution is -0.153. The number of halogens is 4. The number of esters is 1. The molecule has 0 aliphatic carbocycles. The number of ether oxygens (including phenoxy) is 1. The van der Waals surface area contributed by atoms with Crippen LogP contribution in [0.25, 0.3) is 0 Å². The Hall–Kier alpha value is -4.92. The minimum absolute atomic E-state index is 0.0180. The Balaban J connectivity index is 1.47. The molecule has 0 N–H and O–H groups in total. The van der Waals surface area contributed by atoms with Crippen LogP contribution in [0.3, 0.4) is 0 Å². The number of anilines is 2. The van der Waals surface area contributed by atoms with Gasteiger partial charge in [-0.3, -0.25) is 14.5 Å². The van der Waals surface area contributed by atoms with Gasteiger partial charge < -0.3 is 14.5 Å². The molecule has 3 aromatic carbocycles. The zero-order valence-electron chi connectivity index (χ0n) is 21.6. The van der Waals surface area contributed by atoms with E-state index < -0.39 is 47.4 Å². The third-order valence-electron chi connectivity index (χ3n) is 7.30. The summed E-state index contributed by atoms with van der Waals surface area (Å²) in [5, 5.41) is 9.07. The van der Waals surface area contributed by atoms with Gasteiger partial charge in [-0.15, -0.1) is 0 Å². The van der Waals surface area contributed by atoms with Gasteiger partial charge in [0.05, 0.1) is 48.6 Å². The van der Waals surface area contributed by atoms with Gasteiger partial charge in [0.15, 0.2) is 5.54 Å². The lowest BCUT2D eigenvalue weighted by atomic mass is 9.82. The van der Waals surface area contributed by atoms with Crippen LogP contribution >= 0.6 is 0 Å². The number of benzene rings is 3. The molecule has 1 spiro atoms. The Morgan fingerprint density at radius 1 is 1.02 bits per heavy atom. The van der Waals surface area contributed by atoms with E-state index in [0.717, 1.165) is 23.1 Å². The summed E-state index contributed by atoms with van der Waals surface area (Å²) < 4.78 is 58.8. The maximum atomic E-state index is 14.9. The van der Waals surface area contributed by atoms with E-state index in [-0.39, 0.29) is 30.9 Å². The van der Waals surface area contributed by atoms with Crippen molar-refractivity contribution in [2.24, 2.45) is 0 Å². The Morgan fingerprint density at radius 3 is 2.24 bits per heavy atom.